The molecular formula is C5H10Cl6N2O5. The molecule has 0 amide bonds. The molecule has 0 aromatic rings. The summed E-state index contributed by atoms with van der Waals surface area (Å²) in [4.78, 5) is 8.56. The summed E-state index contributed by atoms with van der Waals surface area (Å²) in [5.41, 5.74) is 0. The second-order valence-electron chi connectivity index (χ2n) is 1.95. The van der Waals surface area contributed by atoms with E-state index in [0.717, 1.165) is 0 Å². The minimum atomic E-state index is -1.83. The van der Waals surface area contributed by atoms with Gasteiger partial charge in [-0.05, 0) is 0 Å². The van der Waals surface area contributed by atoms with Gasteiger partial charge in [-0.25, -0.2) is 4.79 Å². The SMILES string of the molecule is O=C(O)O.OCNC(Cl)(Cl)Cl.OCNC(Cl)(Cl)Cl. The van der Waals surface area contributed by atoms with Crippen molar-refractivity contribution in [1.82, 2.24) is 10.6 Å². The zero-order chi connectivity index (χ0) is 15.4. The zero-order valence-electron chi connectivity index (χ0n) is 8.38. The molecule has 0 aliphatic heterocycles. The van der Waals surface area contributed by atoms with Crippen LogP contribution in [0.3, 0.4) is 0 Å². The Kier molecular flexibility index (Phi) is 17.1. The number of carbonyl (C=O) groups is 1. The van der Waals surface area contributed by atoms with E-state index in [0.29, 0.717) is 0 Å². The highest BCUT2D eigenvalue weighted by Gasteiger charge is 2.16. The number of hydrogen-bond donors (Lipinski definition) is 6. The minimum Gasteiger partial charge on any atom is -0.450 e. The summed E-state index contributed by atoms with van der Waals surface area (Å²) in [5.74, 6) is 0. The summed E-state index contributed by atoms with van der Waals surface area (Å²) >= 11 is 30.6. The third kappa shape index (κ3) is 54.0. The average Bonchev–Trinajstić information content (AvgIpc) is 1.97. The first-order valence-electron chi connectivity index (χ1n) is 3.62. The molecule has 0 radical (unpaired) electrons. The first-order valence-corrected chi connectivity index (χ1v) is 5.89. The van der Waals surface area contributed by atoms with E-state index in [9.17, 15) is 0 Å². The first kappa shape index (κ1) is 23.9. The van der Waals surface area contributed by atoms with Crippen molar-refractivity contribution in [2.75, 3.05) is 13.5 Å². The van der Waals surface area contributed by atoms with Gasteiger partial charge in [-0.2, -0.15) is 0 Å². The van der Waals surface area contributed by atoms with E-state index in [2.05, 4.69) is 10.6 Å². The number of carboxylic acid groups (broad SMARTS) is 2. The Labute approximate surface area is 132 Å². The molecule has 0 aromatic heterocycles. The van der Waals surface area contributed by atoms with Crippen molar-refractivity contribution in [3.63, 3.8) is 0 Å². The van der Waals surface area contributed by atoms with Crippen molar-refractivity contribution in [3.05, 3.63) is 0 Å². The topological polar surface area (TPSA) is 122 Å². The van der Waals surface area contributed by atoms with E-state index in [4.69, 9.17) is 94.8 Å². The molecule has 0 atom stereocenters. The number of alkyl halides is 6. The Morgan fingerprint density at radius 3 is 1.00 bits per heavy atom. The predicted molar refractivity (Wildman–Crippen MR) is 71.7 cm³/mol. The molecule has 0 aromatic carbocycles. The maximum absolute atomic E-state index is 8.56. The smallest absolute Gasteiger partial charge is 0.450 e. The molecule has 0 unspecified atom stereocenters. The molecule has 0 aliphatic carbocycles. The lowest BCUT2D eigenvalue weighted by Gasteiger charge is -2.08. The fourth-order valence-electron chi connectivity index (χ4n) is 0.179. The molecule has 13 heteroatoms. The number of hydrogen-bond acceptors (Lipinski definition) is 5. The van der Waals surface area contributed by atoms with Gasteiger partial charge in [-0.1, -0.05) is 69.6 Å². The van der Waals surface area contributed by atoms with E-state index in [1.807, 2.05) is 0 Å². The molecule has 0 aliphatic rings. The van der Waals surface area contributed by atoms with Crippen LogP contribution in [0.25, 0.3) is 0 Å². The van der Waals surface area contributed by atoms with Crippen molar-refractivity contribution >= 4 is 75.8 Å². The number of aliphatic hydroxyl groups is 2. The van der Waals surface area contributed by atoms with Crippen molar-refractivity contribution < 1.29 is 25.2 Å². The second kappa shape index (κ2) is 12.9. The maximum Gasteiger partial charge on any atom is 0.503 e. The molecular weight excluding hydrogens is 381 g/mol. The highest BCUT2D eigenvalue weighted by Crippen LogP contribution is 2.21. The molecule has 0 bridgehead atoms. The van der Waals surface area contributed by atoms with Gasteiger partial charge < -0.3 is 20.4 Å². The molecule has 6 N–H and O–H groups in total. The van der Waals surface area contributed by atoms with E-state index in [1.54, 1.807) is 0 Å². The molecule has 0 rings (SSSR count). The van der Waals surface area contributed by atoms with Gasteiger partial charge in [-0.3, -0.25) is 10.6 Å². The van der Waals surface area contributed by atoms with Crippen LogP contribution < -0.4 is 10.6 Å². The summed E-state index contributed by atoms with van der Waals surface area (Å²) in [6.45, 7) is -0.674. The van der Waals surface area contributed by atoms with Gasteiger partial charge in [0.25, 0.3) is 0 Å². The van der Waals surface area contributed by atoms with Gasteiger partial charge in [-0.15, -0.1) is 0 Å². The monoisotopic (exact) mass is 388 g/mol. The van der Waals surface area contributed by atoms with Gasteiger partial charge >= 0.3 is 6.16 Å². The fourth-order valence-corrected chi connectivity index (χ4v) is 0.538. The molecule has 0 heterocycles. The molecule has 0 saturated carbocycles. The third-order valence-electron chi connectivity index (χ3n) is 0.559. The standard InChI is InChI=1S/2C2H4Cl3NO.CH2O3/c2*3-2(4,5)6-1-7;2-1(3)4/h2*6-7H,1H2;(H2,2,3,4). The summed E-state index contributed by atoms with van der Waals surface area (Å²) in [6.07, 6.45) is -1.83. The Morgan fingerprint density at radius 1 is 0.833 bits per heavy atom. The fraction of sp³-hybridized carbons (Fsp3) is 0.800. The first-order chi connectivity index (χ1) is 7.85. The molecule has 7 nitrogen and oxygen atoms in total. The quantitative estimate of drug-likeness (QED) is 0.242. The van der Waals surface area contributed by atoms with Gasteiger partial charge in [0.05, 0.1) is 13.5 Å². The largest absolute Gasteiger partial charge is 0.503 e. The summed E-state index contributed by atoms with van der Waals surface area (Å²) in [7, 11) is 0. The summed E-state index contributed by atoms with van der Waals surface area (Å²) < 4.78 is -3.07. The Hall–Kier alpha value is 0.850. The van der Waals surface area contributed by atoms with Crippen LogP contribution in [0.1, 0.15) is 0 Å². The third-order valence-corrected chi connectivity index (χ3v) is 1.36. The molecule has 0 saturated heterocycles. The van der Waals surface area contributed by atoms with Crippen molar-refractivity contribution in [2.24, 2.45) is 0 Å². The maximum atomic E-state index is 8.56. The van der Waals surface area contributed by atoms with E-state index in [-0.39, 0.29) is 13.5 Å². The Balaban J connectivity index is -0.000000196. The van der Waals surface area contributed by atoms with Gasteiger partial charge in [0.2, 0.25) is 7.83 Å². The highest BCUT2D eigenvalue weighted by atomic mass is 35.6. The lowest BCUT2D eigenvalue weighted by molar-refractivity contribution is 0.137. The normalized spacial score (nSPS) is 10.7. The van der Waals surface area contributed by atoms with Crippen LogP contribution in [-0.2, 0) is 0 Å². The van der Waals surface area contributed by atoms with E-state index < -0.39 is 14.0 Å². The summed E-state index contributed by atoms with van der Waals surface area (Å²) in [6, 6.07) is 0. The van der Waals surface area contributed by atoms with E-state index >= 15 is 0 Å². The van der Waals surface area contributed by atoms with Gasteiger partial charge in [0, 0.05) is 0 Å². The number of nitrogens with one attached hydrogen (secondary N) is 2. The molecule has 112 valence electrons. The van der Waals surface area contributed by atoms with Crippen LogP contribution in [0.5, 0.6) is 0 Å². The van der Waals surface area contributed by atoms with E-state index in [1.165, 1.54) is 0 Å². The average molecular weight is 391 g/mol. The number of rotatable bonds is 2. The minimum absolute atomic E-state index is 0.337. The van der Waals surface area contributed by atoms with Crippen LogP contribution in [0.2, 0.25) is 0 Å². The van der Waals surface area contributed by atoms with Crippen LogP contribution in [0.15, 0.2) is 0 Å². The zero-order valence-corrected chi connectivity index (χ0v) is 12.9. The van der Waals surface area contributed by atoms with Crippen molar-refractivity contribution in [1.29, 1.82) is 0 Å². The number of aliphatic hydroxyl groups excluding tert-OH is 2. The van der Waals surface area contributed by atoms with Crippen molar-refractivity contribution in [2.45, 2.75) is 7.83 Å². The Morgan fingerprint density at radius 2 is 1.00 bits per heavy atom. The van der Waals surface area contributed by atoms with Crippen molar-refractivity contribution in [3.8, 4) is 0 Å². The highest BCUT2D eigenvalue weighted by molar-refractivity contribution is 6.67. The lowest BCUT2D eigenvalue weighted by Crippen LogP contribution is -2.28. The lowest BCUT2D eigenvalue weighted by atomic mass is 11.1. The predicted octanol–water partition coefficient (Wildman–Crippen LogP) is 1.93. The van der Waals surface area contributed by atoms with Crippen LogP contribution in [-0.4, -0.2) is 47.9 Å². The molecule has 18 heavy (non-hydrogen) atoms. The van der Waals surface area contributed by atoms with Gasteiger partial charge in [0.15, 0.2) is 0 Å². The summed E-state index contributed by atoms with van der Waals surface area (Å²) in [5, 5.41) is 34.3. The Bertz CT molecular complexity index is 188. The van der Waals surface area contributed by atoms with Gasteiger partial charge in [0.1, 0.15) is 0 Å². The molecule has 0 fully saturated rings. The van der Waals surface area contributed by atoms with Crippen LogP contribution in [0.4, 0.5) is 4.79 Å². The molecule has 0 spiro atoms. The van der Waals surface area contributed by atoms with Crippen LogP contribution in [0, 0.1) is 0 Å². The van der Waals surface area contributed by atoms with Crippen LogP contribution >= 0.6 is 69.6 Å². The number of halogens is 6. The second-order valence-corrected chi connectivity index (χ2v) is 6.51.